The predicted octanol–water partition coefficient (Wildman–Crippen LogP) is 0.441. The monoisotopic (exact) mass is 202 g/mol. The summed E-state index contributed by atoms with van der Waals surface area (Å²) in [4.78, 5) is 2.08. The van der Waals surface area contributed by atoms with Crippen LogP contribution in [0.25, 0.3) is 0 Å². The Kier molecular flexibility index (Phi) is 2.67. The molecular formula is C11H14N4. The van der Waals surface area contributed by atoms with E-state index in [2.05, 4.69) is 31.8 Å². The highest BCUT2D eigenvalue weighted by Gasteiger charge is 2.02. The fraction of sp³-hybridized carbons (Fsp3) is 0.273. The highest BCUT2D eigenvalue weighted by atomic mass is 15.1. The number of nitrogens with zero attached hydrogens (tertiary/aromatic N) is 4. The highest BCUT2D eigenvalue weighted by Crippen LogP contribution is 2.06. The van der Waals surface area contributed by atoms with Crippen LogP contribution in [0, 0.1) is 0 Å². The summed E-state index contributed by atoms with van der Waals surface area (Å²) < 4.78 is 2.08. The maximum Gasteiger partial charge on any atom is 0.188 e. The zero-order chi connectivity index (χ0) is 10.7. The molecule has 0 aromatic carbocycles. The molecular weight excluding hydrogens is 188 g/mol. The second-order valence-electron chi connectivity index (χ2n) is 3.65. The van der Waals surface area contributed by atoms with Crippen LogP contribution in [0.15, 0.2) is 36.8 Å². The van der Waals surface area contributed by atoms with Crippen LogP contribution in [0.5, 0.6) is 0 Å². The smallest absolute Gasteiger partial charge is 0.188 e. The Morgan fingerprint density at radius 3 is 2.53 bits per heavy atom. The molecule has 2 aromatic heterocycles. The van der Waals surface area contributed by atoms with Gasteiger partial charge in [0.15, 0.2) is 18.9 Å². The molecule has 0 amide bonds. The van der Waals surface area contributed by atoms with E-state index in [0.29, 0.717) is 0 Å². The van der Waals surface area contributed by atoms with Gasteiger partial charge in [-0.2, -0.15) is 10.8 Å². The molecule has 0 bridgehead atoms. The van der Waals surface area contributed by atoms with Crippen molar-refractivity contribution < 1.29 is 4.57 Å². The van der Waals surface area contributed by atoms with Gasteiger partial charge in [-0.15, -0.1) is 0 Å². The topological polar surface area (TPSA) is 34.1 Å². The van der Waals surface area contributed by atoms with Gasteiger partial charge in [0.05, 0.1) is 5.69 Å². The van der Waals surface area contributed by atoms with E-state index in [1.165, 1.54) is 5.69 Å². The average Bonchev–Trinajstić information content (AvgIpc) is 2.71. The van der Waals surface area contributed by atoms with Gasteiger partial charge in [0.1, 0.15) is 0 Å². The first kappa shape index (κ1) is 9.71. The number of hydrogen-bond acceptors (Lipinski definition) is 2. The van der Waals surface area contributed by atoms with Crippen LogP contribution in [0.3, 0.4) is 0 Å². The summed E-state index contributed by atoms with van der Waals surface area (Å²) in [6.45, 7) is 0.772. The van der Waals surface area contributed by atoms with Crippen LogP contribution in [-0.4, -0.2) is 19.2 Å². The fourth-order valence-electron chi connectivity index (χ4n) is 1.38. The van der Waals surface area contributed by atoms with Gasteiger partial charge in [-0.25, -0.2) is 0 Å². The molecule has 78 valence electrons. The molecule has 2 heterocycles. The number of pyridine rings is 1. The van der Waals surface area contributed by atoms with Gasteiger partial charge in [0.25, 0.3) is 0 Å². The normalized spacial score (nSPS) is 10.3. The lowest BCUT2D eigenvalue weighted by Crippen LogP contribution is -2.33. The van der Waals surface area contributed by atoms with Crippen molar-refractivity contribution in [3.05, 3.63) is 42.5 Å². The van der Waals surface area contributed by atoms with Crippen molar-refractivity contribution in [1.82, 2.24) is 10.2 Å². The minimum absolute atomic E-state index is 0.772. The molecule has 0 atom stereocenters. The quantitative estimate of drug-likeness (QED) is 0.677. The lowest BCUT2D eigenvalue weighted by molar-refractivity contribution is -0.688. The Bertz CT molecular complexity index is 403. The Balaban J connectivity index is 2.11. The van der Waals surface area contributed by atoms with E-state index in [1.807, 2.05) is 32.6 Å². The zero-order valence-corrected chi connectivity index (χ0v) is 8.96. The highest BCUT2D eigenvalue weighted by molar-refractivity contribution is 5.41. The van der Waals surface area contributed by atoms with Crippen LogP contribution in [0.2, 0.25) is 0 Å². The Hall–Kier alpha value is -1.84. The summed E-state index contributed by atoms with van der Waals surface area (Å²) in [5.74, 6) is 0. The van der Waals surface area contributed by atoms with Gasteiger partial charge in [0, 0.05) is 31.9 Å². The first-order valence-electron chi connectivity index (χ1n) is 4.85. The van der Waals surface area contributed by atoms with Crippen LogP contribution >= 0.6 is 0 Å². The maximum atomic E-state index is 3.99. The molecule has 0 aliphatic rings. The standard InChI is InChI=1S/C11H14N4/c1-14(2)11-4-7-15(8-5-11)9-10-3-6-12-13-10/h3-8H,9H2,1-2H3. The molecule has 4 heteroatoms. The lowest BCUT2D eigenvalue weighted by atomic mass is 10.3. The predicted molar refractivity (Wildman–Crippen MR) is 57.6 cm³/mol. The second kappa shape index (κ2) is 4.13. The molecule has 0 spiro atoms. The minimum Gasteiger partial charge on any atom is -0.581 e. The molecule has 0 N–H and O–H groups in total. The number of rotatable bonds is 3. The van der Waals surface area contributed by atoms with E-state index in [-0.39, 0.29) is 0 Å². The molecule has 0 aliphatic heterocycles. The molecule has 2 rings (SSSR count). The van der Waals surface area contributed by atoms with Crippen molar-refractivity contribution in [1.29, 1.82) is 0 Å². The van der Waals surface area contributed by atoms with E-state index in [4.69, 9.17) is 0 Å². The third-order valence-electron chi connectivity index (χ3n) is 2.25. The first-order valence-corrected chi connectivity index (χ1v) is 4.85. The van der Waals surface area contributed by atoms with Crippen molar-refractivity contribution >= 4 is 5.69 Å². The summed E-state index contributed by atoms with van der Waals surface area (Å²) in [7, 11) is 4.06. The van der Waals surface area contributed by atoms with E-state index in [1.54, 1.807) is 6.20 Å². The lowest BCUT2D eigenvalue weighted by Gasteiger charge is -2.10. The molecule has 0 fully saturated rings. The van der Waals surface area contributed by atoms with Crippen LogP contribution < -0.4 is 14.6 Å². The minimum atomic E-state index is 0.772. The van der Waals surface area contributed by atoms with Crippen molar-refractivity contribution in [2.45, 2.75) is 6.54 Å². The third-order valence-corrected chi connectivity index (χ3v) is 2.25. The van der Waals surface area contributed by atoms with E-state index in [0.717, 1.165) is 12.2 Å². The number of aromatic nitrogens is 3. The first-order chi connectivity index (χ1) is 7.25. The summed E-state index contributed by atoms with van der Waals surface area (Å²) in [5.41, 5.74) is 2.18. The van der Waals surface area contributed by atoms with E-state index in [9.17, 15) is 0 Å². The third kappa shape index (κ3) is 2.34. The van der Waals surface area contributed by atoms with Crippen LogP contribution in [0.4, 0.5) is 5.69 Å². The second-order valence-corrected chi connectivity index (χ2v) is 3.65. The van der Waals surface area contributed by atoms with Gasteiger partial charge in [-0.05, 0) is 0 Å². The molecule has 0 saturated heterocycles. The molecule has 0 unspecified atom stereocenters. The van der Waals surface area contributed by atoms with Gasteiger partial charge in [0.2, 0.25) is 0 Å². The Labute approximate surface area is 89.2 Å². The van der Waals surface area contributed by atoms with Crippen molar-refractivity contribution in [2.24, 2.45) is 0 Å². The van der Waals surface area contributed by atoms with Crippen LogP contribution in [0.1, 0.15) is 5.69 Å². The fourth-order valence-corrected chi connectivity index (χ4v) is 1.38. The maximum absolute atomic E-state index is 3.99. The average molecular weight is 202 g/mol. The SMILES string of the molecule is CN(C)c1cc[n+](Cc2cc[n-]n2)cc1. The molecule has 4 nitrogen and oxygen atoms in total. The number of hydrogen-bond donors (Lipinski definition) is 0. The van der Waals surface area contributed by atoms with Crippen molar-refractivity contribution in [3.63, 3.8) is 0 Å². The Morgan fingerprint density at radius 1 is 1.27 bits per heavy atom. The van der Waals surface area contributed by atoms with Crippen molar-refractivity contribution in [2.75, 3.05) is 19.0 Å². The van der Waals surface area contributed by atoms with E-state index < -0.39 is 0 Å². The summed E-state index contributed by atoms with van der Waals surface area (Å²) in [6, 6.07) is 6.08. The van der Waals surface area contributed by atoms with Gasteiger partial charge < -0.3 is 15.1 Å². The van der Waals surface area contributed by atoms with E-state index >= 15 is 0 Å². The van der Waals surface area contributed by atoms with Gasteiger partial charge >= 0.3 is 0 Å². The summed E-state index contributed by atoms with van der Waals surface area (Å²) >= 11 is 0. The summed E-state index contributed by atoms with van der Waals surface area (Å²) in [5, 5.41) is 7.78. The Morgan fingerprint density at radius 2 is 2.00 bits per heavy atom. The van der Waals surface area contributed by atoms with Crippen LogP contribution in [-0.2, 0) is 6.54 Å². The molecule has 15 heavy (non-hydrogen) atoms. The number of anilines is 1. The molecule has 0 aliphatic carbocycles. The van der Waals surface area contributed by atoms with Crippen molar-refractivity contribution in [3.8, 4) is 0 Å². The largest absolute Gasteiger partial charge is 0.581 e. The zero-order valence-electron chi connectivity index (χ0n) is 8.96. The molecule has 2 aromatic rings. The molecule has 0 saturated carbocycles. The summed E-state index contributed by atoms with van der Waals surface area (Å²) in [6.07, 6.45) is 5.80. The van der Waals surface area contributed by atoms with Gasteiger partial charge in [-0.3, -0.25) is 0 Å². The molecule has 0 radical (unpaired) electrons. The van der Waals surface area contributed by atoms with Gasteiger partial charge in [-0.1, -0.05) is 6.07 Å².